The van der Waals surface area contributed by atoms with E-state index >= 15 is 0 Å². The molecule has 0 aromatic carbocycles. The number of hydrogen-bond acceptors (Lipinski definition) is 1. The van der Waals surface area contributed by atoms with Crippen LogP contribution in [-0.2, 0) is 0 Å². The smallest absolute Gasteiger partial charge is 0.0439 e. The third kappa shape index (κ3) is 9.41. The second-order valence-electron chi connectivity index (χ2n) is 2.88. The molecule has 0 heterocycles. The zero-order valence-electron chi connectivity index (χ0n) is 7.88. The fourth-order valence-corrected chi connectivity index (χ4v) is 0.741. The van der Waals surface area contributed by atoms with Crippen molar-refractivity contribution in [2.24, 2.45) is 4.99 Å². The predicted molar refractivity (Wildman–Crippen MR) is 52.3 cm³/mol. The third-order valence-corrected chi connectivity index (χ3v) is 1.27. The van der Waals surface area contributed by atoms with Gasteiger partial charge in [0.25, 0.3) is 0 Å². The molecule has 0 aliphatic rings. The van der Waals surface area contributed by atoms with Crippen molar-refractivity contribution in [3.63, 3.8) is 0 Å². The number of nitrogens with zero attached hydrogens (tertiary/aromatic N) is 1. The van der Waals surface area contributed by atoms with Gasteiger partial charge in [-0.05, 0) is 39.3 Å². The summed E-state index contributed by atoms with van der Waals surface area (Å²) in [6.45, 7) is 6.34. The maximum Gasteiger partial charge on any atom is 0.0439 e. The van der Waals surface area contributed by atoms with E-state index in [1.807, 2.05) is 6.21 Å². The molecule has 0 aromatic rings. The highest BCUT2D eigenvalue weighted by Gasteiger charge is 1.82. The van der Waals surface area contributed by atoms with E-state index in [1.54, 1.807) is 0 Å². The summed E-state index contributed by atoms with van der Waals surface area (Å²) in [5.41, 5.74) is 0. The summed E-state index contributed by atoms with van der Waals surface area (Å²) in [5, 5.41) is 0. The molecule has 1 nitrogen and oxygen atoms in total. The highest BCUT2D eigenvalue weighted by atomic mass is 14.7. The van der Waals surface area contributed by atoms with Gasteiger partial charge in [-0.25, -0.2) is 0 Å². The molecule has 0 N–H and O–H groups in total. The van der Waals surface area contributed by atoms with E-state index in [4.69, 9.17) is 0 Å². The first-order valence-electron chi connectivity index (χ1n) is 4.44. The first-order chi connectivity index (χ1) is 5.27. The van der Waals surface area contributed by atoms with Gasteiger partial charge in [-0.15, -0.1) is 0 Å². The van der Waals surface area contributed by atoms with Crippen LogP contribution < -0.4 is 0 Å². The van der Waals surface area contributed by atoms with Gasteiger partial charge in [-0.3, -0.25) is 4.99 Å². The molecule has 11 heavy (non-hydrogen) atoms. The molecule has 0 atom stereocenters. The number of unbranched alkanes of at least 4 members (excludes halogenated alkanes) is 1. The molecule has 0 bridgehead atoms. The topological polar surface area (TPSA) is 12.4 Å². The summed E-state index contributed by atoms with van der Waals surface area (Å²) < 4.78 is 0. The Kier molecular flexibility index (Phi) is 7.11. The quantitative estimate of drug-likeness (QED) is 0.327. The fourth-order valence-electron chi connectivity index (χ4n) is 0.741. The van der Waals surface area contributed by atoms with Gasteiger partial charge in [0, 0.05) is 6.04 Å². The first kappa shape index (κ1) is 10.4. The highest BCUT2D eigenvalue weighted by Crippen LogP contribution is 1.91. The van der Waals surface area contributed by atoms with E-state index in [0.29, 0.717) is 6.04 Å². The van der Waals surface area contributed by atoms with Crippen molar-refractivity contribution in [3.8, 4) is 0 Å². The Hall–Kier alpha value is -0.590. The van der Waals surface area contributed by atoms with Gasteiger partial charge in [0.2, 0.25) is 0 Å². The van der Waals surface area contributed by atoms with E-state index in [0.717, 1.165) is 19.3 Å². The molecule has 1 heteroatoms. The largest absolute Gasteiger partial charge is 0.295 e. The minimum Gasteiger partial charge on any atom is -0.295 e. The van der Waals surface area contributed by atoms with Crippen LogP contribution in [0.2, 0.25) is 0 Å². The Morgan fingerprint density at radius 3 is 2.45 bits per heavy atom. The van der Waals surface area contributed by atoms with Crippen molar-refractivity contribution < 1.29 is 0 Å². The lowest BCUT2D eigenvalue weighted by molar-refractivity contribution is 0.835. The summed E-state index contributed by atoms with van der Waals surface area (Å²) in [7, 11) is 0. The summed E-state index contributed by atoms with van der Waals surface area (Å²) >= 11 is 0. The lowest BCUT2D eigenvalue weighted by Crippen LogP contribution is -1.88. The van der Waals surface area contributed by atoms with Crippen molar-refractivity contribution in [1.29, 1.82) is 0 Å². The van der Waals surface area contributed by atoms with Crippen molar-refractivity contribution in [1.82, 2.24) is 0 Å². The molecule has 0 saturated heterocycles. The molecule has 0 unspecified atom stereocenters. The molecule has 0 saturated carbocycles. The minimum atomic E-state index is 0.449. The Morgan fingerprint density at radius 2 is 1.91 bits per heavy atom. The Morgan fingerprint density at radius 1 is 1.18 bits per heavy atom. The summed E-state index contributed by atoms with van der Waals surface area (Å²) in [4.78, 5) is 4.26. The first-order valence-corrected chi connectivity index (χ1v) is 4.44. The Bertz CT molecular complexity index is 123. The Labute approximate surface area is 70.2 Å². The average molecular weight is 153 g/mol. The second kappa shape index (κ2) is 7.52. The number of allylic oxidation sites excluding steroid dienone is 2. The fraction of sp³-hybridized carbons (Fsp3) is 0.700. The maximum atomic E-state index is 4.26. The van der Waals surface area contributed by atoms with Crippen molar-refractivity contribution >= 4 is 6.21 Å². The highest BCUT2D eigenvalue weighted by molar-refractivity contribution is 5.57. The predicted octanol–water partition coefficient (Wildman–Crippen LogP) is 3.21. The number of rotatable bonds is 5. The molecular formula is C10H19N. The van der Waals surface area contributed by atoms with E-state index in [9.17, 15) is 0 Å². The van der Waals surface area contributed by atoms with Crippen LogP contribution in [0.4, 0.5) is 0 Å². The van der Waals surface area contributed by atoms with Gasteiger partial charge in [0.15, 0.2) is 0 Å². The van der Waals surface area contributed by atoms with Crippen molar-refractivity contribution in [2.45, 2.75) is 46.1 Å². The zero-order chi connectivity index (χ0) is 8.53. The lowest BCUT2D eigenvalue weighted by atomic mass is 10.3. The molecule has 64 valence electrons. The van der Waals surface area contributed by atoms with Crippen LogP contribution in [-0.4, -0.2) is 12.3 Å². The maximum absolute atomic E-state index is 4.26. The zero-order valence-corrected chi connectivity index (χ0v) is 7.88. The SMILES string of the molecule is CC/C=C/CCC=NC(C)C. The molecule has 0 radical (unpaired) electrons. The molecular weight excluding hydrogens is 134 g/mol. The van der Waals surface area contributed by atoms with Crippen LogP contribution in [0, 0.1) is 0 Å². The Balaban J connectivity index is 3.20. The summed E-state index contributed by atoms with van der Waals surface area (Å²) in [6.07, 6.45) is 9.78. The monoisotopic (exact) mass is 153 g/mol. The summed E-state index contributed by atoms with van der Waals surface area (Å²) in [5.74, 6) is 0. The number of aliphatic imine (C=N–C) groups is 1. The van der Waals surface area contributed by atoms with Crippen LogP contribution in [0.1, 0.15) is 40.0 Å². The van der Waals surface area contributed by atoms with E-state index < -0.39 is 0 Å². The molecule has 0 rings (SSSR count). The van der Waals surface area contributed by atoms with Crippen LogP contribution in [0.25, 0.3) is 0 Å². The molecule has 0 aliphatic carbocycles. The van der Waals surface area contributed by atoms with Crippen molar-refractivity contribution in [3.05, 3.63) is 12.2 Å². The van der Waals surface area contributed by atoms with Crippen LogP contribution in [0.15, 0.2) is 17.1 Å². The number of hydrogen-bond donors (Lipinski definition) is 0. The van der Waals surface area contributed by atoms with Crippen molar-refractivity contribution in [2.75, 3.05) is 0 Å². The van der Waals surface area contributed by atoms with Gasteiger partial charge in [-0.2, -0.15) is 0 Å². The molecule has 0 amide bonds. The lowest BCUT2D eigenvalue weighted by Gasteiger charge is -1.92. The third-order valence-electron chi connectivity index (χ3n) is 1.27. The normalized spacial score (nSPS) is 12.4. The van der Waals surface area contributed by atoms with Crippen LogP contribution in [0.5, 0.6) is 0 Å². The standard InChI is InChI=1S/C10H19N/c1-4-5-6-7-8-9-11-10(2)3/h5-6,9-10H,4,7-8H2,1-3H3/b6-5+,11-9?. The van der Waals surface area contributed by atoms with Gasteiger partial charge >= 0.3 is 0 Å². The molecule has 0 fully saturated rings. The average Bonchev–Trinajstić information content (AvgIpc) is 1.96. The van der Waals surface area contributed by atoms with Gasteiger partial charge in [-0.1, -0.05) is 19.1 Å². The van der Waals surface area contributed by atoms with Gasteiger partial charge in [0.1, 0.15) is 0 Å². The minimum absolute atomic E-state index is 0.449. The van der Waals surface area contributed by atoms with Crippen LogP contribution >= 0.6 is 0 Å². The van der Waals surface area contributed by atoms with Gasteiger partial charge < -0.3 is 0 Å². The summed E-state index contributed by atoms with van der Waals surface area (Å²) in [6, 6.07) is 0.449. The second-order valence-corrected chi connectivity index (χ2v) is 2.88. The van der Waals surface area contributed by atoms with Crippen LogP contribution in [0.3, 0.4) is 0 Å². The molecule has 0 spiro atoms. The van der Waals surface area contributed by atoms with Gasteiger partial charge in [0.05, 0.1) is 0 Å². The molecule has 0 aliphatic heterocycles. The van der Waals surface area contributed by atoms with E-state index in [1.165, 1.54) is 0 Å². The van der Waals surface area contributed by atoms with E-state index in [2.05, 4.69) is 37.9 Å². The van der Waals surface area contributed by atoms with E-state index in [-0.39, 0.29) is 0 Å². The molecule has 0 aromatic heterocycles.